The Balaban J connectivity index is 3.39. The van der Waals surface area contributed by atoms with Gasteiger partial charge in [-0.15, -0.1) is 0 Å². The van der Waals surface area contributed by atoms with Gasteiger partial charge in [0.1, 0.15) is 5.69 Å². The van der Waals surface area contributed by atoms with Crippen molar-refractivity contribution in [3.8, 4) is 0 Å². The van der Waals surface area contributed by atoms with Crippen LogP contribution in [0.5, 0.6) is 0 Å². The van der Waals surface area contributed by atoms with E-state index in [1.165, 1.54) is 0 Å². The maximum Gasteiger partial charge on any atom is 0.338 e. The van der Waals surface area contributed by atoms with Crippen molar-refractivity contribution in [2.24, 2.45) is 0 Å². The lowest BCUT2D eigenvalue weighted by Gasteiger charge is -2.09. The number of anilines is 1. The lowest BCUT2D eigenvalue weighted by molar-refractivity contribution is -0.393. The lowest BCUT2D eigenvalue weighted by Crippen LogP contribution is -2.11. The first kappa shape index (κ1) is 15.3. The van der Waals surface area contributed by atoms with Crippen LogP contribution in [0.2, 0.25) is 0 Å². The van der Waals surface area contributed by atoms with Gasteiger partial charge in [0.15, 0.2) is 0 Å². The Hall–Kier alpha value is -2.71. The zero-order valence-corrected chi connectivity index (χ0v) is 10.7. The van der Waals surface area contributed by atoms with E-state index in [0.717, 1.165) is 18.6 Å². The van der Waals surface area contributed by atoms with Crippen LogP contribution in [0.15, 0.2) is 12.1 Å². The summed E-state index contributed by atoms with van der Waals surface area (Å²) in [4.78, 5) is 31.1. The van der Waals surface area contributed by atoms with Gasteiger partial charge in [0.25, 0.3) is 11.4 Å². The fraction of sp³-hybridized carbons (Fsp3) is 0.364. The normalized spacial score (nSPS) is 10.1. The van der Waals surface area contributed by atoms with E-state index in [-0.39, 0.29) is 5.69 Å². The number of non-ortho nitro benzene ring substituents is 1. The molecule has 1 aromatic carbocycles. The van der Waals surface area contributed by atoms with Crippen molar-refractivity contribution in [2.75, 3.05) is 11.9 Å². The summed E-state index contributed by atoms with van der Waals surface area (Å²) in [5.41, 5.74) is -1.94. The Morgan fingerprint density at radius 1 is 1.30 bits per heavy atom. The number of carboxylic acids is 1. The molecule has 20 heavy (non-hydrogen) atoms. The van der Waals surface area contributed by atoms with Crippen LogP contribution >= 0.6 is 0 Å². The van der Waals surface area contributed by atoms with Crippen molar-refractivity contribution in [3.05, 3.63) is 37.9 Å². The van der Waals surface area contributed by atoms with Gasteiger partial charge in [-0.05, 0) is 6.42 Å². The number of carbonyl (C=O) groups is 1. The summed E-state index contributed by atoms with van der Waals surface area (Å²) >= 11 is 0. The van der Waals surface area contributed by atoms with Gasteiger partial charge in [-0.1, -0.05) is 13.3 Å². The van der Waals surface area contributed by atoms with Crippen LogP contribution < -0.4 is 5.32 Å². The van der Waals surface area contributed by atoms with Crippen LogP contribution in [0.1, 0.15) is 30.1 Å². The van der Waals surface area contributed by atoms with Gasteiger partial charge >= 0.3 is 5.97 Å². The molecule has 0 aromatic heterocycles. The first-order chi connectivity index (χ1) is 9.38. The van der Waals surface area contributed by atoms with Crippen molar-refractivity contribution in [3.63, 3.8) is 0 Å². The van der Waals surface area contributed by atoms with E-state index in [9.17, 15) is 25.0 Å². The standard InChI is InChI=1S/C11H13N3O6/c1-2-3-4-12-10-8(11(15)16)5-7(13(17)18)6-9(10)14(19)20/h5-6,12H,2-4H2,1H3,(H,15,16). The fourth-order valence-corrected chi connectivity index (χ4v) is 1.61. The quantitative estimate of drug-likeness (QED) is 0.445. The molecule has 0 saturated carbocycles. The molecule has 0 heterocycles. The van der Waals surface area contributed by atoms with Gasteiger partial charge in [0.2, 0.25) is 0 Å². The second-order valence-electron chi connectivity index (χ2n) is 3.99. The van der Waals surface area contributed by atoms with Crippen molar-refractivity contribution in [1.82, 2.24) is 0 Å². The molecule has 0 radical (unpaired) electrons. The molecule has 0 saturated heterocycles. The molecule has 0 aliphatic heterocycles. The molecule has 0 aliphatic carbocycles. The molecule has 1 rings (SSSR count). The maximum atomic E-state index is 11.1. The molecule has 9 heteroatoms. The molecule has 0 spiro atoms. The first-order valence-corrected chi connectivity index (χ1v) is 5.82. The minimum atomic E-state index is -1.46. The van der Waals surface area contributed by atoms with Crippen LogP contribution in [0.3, 0.4) is 0 Å². The summed E-state index contributed by atoms with van der Waals surface area (Å²) in [6, 6.07) is 1.56. The summed E-state index contributed by atoms with van der Waals surface area (Å²) in [7, 11) is 0. The number of hydrogen-bond acceptors (Lipinski definition) is 6. The largest absolute Gasteiger partial charge is 0.478 e. The average molecular weight is 283 g/mol. The Kier molecular flexibility index (Phi) is 4.95. The number of hydrogen-bond donors (Lipinski definition) is 2. The van der Waals surface area contributed by atoms with Crippen molar-refractivity contribution < 1.29 is 19.7 Å². The predicted octanol–water partition coefficient (Wildman–Crippen LogP) is 2.41. The van der Waals surface area contributed by atoms with Gasteiger partial charge < -0.3 is 10.4 Å². The second-order valence-corrected chi connectivity index (χ2v) is 3.99. The van der Waals surface area contributed by atoms with Gasteiger partial charge in [0, 0.05) is 12.6 Å². The Morgan fingerprint density at radius 3 is 2.40 bits per heavy atom. The minimum Gasteiger partial charge on any atom is -0.478 e. The highest BCUT2D eigenvalue weighted by molar-refractivity contribution is 5.98. The molecule has 1 aromatic rings. The number of nitrogens with one attached hydrogen (secondary N) is 1. The summed E-state index contributed by atoms with van der Waals surface area (Å²) in [6.45, 7) is 2.25. The predicted molar refractivity (Wildman–Crippen MR) is 70.1 cm³/mol. The second kappa shape index (κ2) is 6.45. The zero-order valence-electron chi connectivity index (χ0n) is 10.7. The fourth-order valence-electron chi connectivity index (χ4n) is 1.61. The van der Waals surface area contributed by atoms with Gasteiger partial charge in [-0.2, -0.15) is 0 Å². The monoisotopic (exact) mass is 283 g/mol. The van der Waals surface area contributed by atoms with Gasteiger partial charge in [-0.3, -0.25) is 20.2 Å². The molecule has 0 aliphatic rings. The van der Waals surface area contributed by atoms with Crippen molar-refractivity contribution in [1.29, 1.82) is 0 Å². The minimum absolute atomic E-state index is 0.207. The number of rotatable bonds is 7. The number of nitro groups is 2. The molecule has 108 valence electrons. The van der Waals surface area contributed by atoms with E-state index in [0.29, 0.717) is 13.0 Å². The van der Waals surface area contributed by atoms with Gasteiger partial charge in [0.05, 0.1) is 21.5 Å². The van der Waals surface area contributed by atoms with Crippen LogP contribution in [-0.2, 0) is 0 Å². The molecular weight excluding hydrogens is 270 g/mol. The van der Waals surface area contributed by atoms with E-state index in [4.69, 9.17) is 5.11 Å². The van der Waals surface area contributed by atoms with E-state index < -0.39 is 32.8 Å². The first-order valence-electron chi connectivity index (χ1n) is 5.82. The summed E-state index contributed by atoms with van der Waals surface area (Å²) in [5.74, 6) is -1.46. The maximum absolute atomic E-state index is 11.1. The van der Waals surface area contributed by atoms with Crippen LogP contribution in [0.25, 0.3) is 0 Å². The molecule has 0 amide bonds. The molecule has 0 fully saturated rings. The highest BCUT2D eigenvalue weighted by Gasteiger charge is 2.26. The van der Waals surface area contributed by atoms with Crippen LogP contribution in [-0.4, -0.2) is 27.5 Å². The Labute approximate surface area is 113 Å². The molecule has 9 nitrogen and oxygen atoms in total. The Morgan fingerprint density at radius 2 is 1.95 bits per heavy atom. The number of carboxylic acid groups (broad SMARTS) is 1. The topological polar surface area (TPSA) is 136 Å². The Bertz CT molecular complexity index is 522. The molecule has 0 bridgehead atoms. The molecule has 0 unspecified atom stereocenters. The molecular formula is C11H13N3O6. The number of nitro benzene ring substituents is 2. The van der Waals surface area contributed by atoms with E-state index in [1.54, 1.807) is 0 Å². The van der Waals surface area contributed by atoms with E-state index >= 15 is 0 Å². The number of unbranched alkanes of at least 4 members (excludes halogenated alkanes) is 1. The average Bonchev–Trinajstić information content (AvgIpc) is 2.37. The van der Waals surface area contributed by atoms with Crippen molar-refractivity contribution in [2.45, 2.75) is 19.8 Å². The van der Waals surface area contributed by atoms with Crippen molar-refractivity contribution >= 4 is 23.0 Å². The SMILES string of the molecule is CCCCNc1c(C(=O)O)cc([N+](=O)[O-])cc1[N+](=O)[O-]. The third kappa shape index (κ3) is 3.40. The number of benzene rings is 1. The summed E-state index contributed by atoms with van der Waals surface area (Å²) in [6.07, 6.45) is 1.50. The van der Waals surface area contributed by atoms with Gasteiger partial charge in [-0.25, -0.2) is 4.79 Å². The third-order valence-corrected chi connectivity index (χ3v) is 2.57. The zero-order chi connectivity index (χ0) is 15.3. The highest BCUT2D eigenvalue weighted by Crippen LogP contribution is 2.33. The summed E-state index contributed by atoms with van der Waals surface area (Å²) < 4.78 is 0. The lowest BCUT2D eigenvalue weighted by atomic mass is 10.1. The van der Waals surface area contributed by atoms with Crippen LogP contribution in [0.4, 0.5) is 17.1 Å². The molecule has 2 N–H and O–H groups in total. The highest BCUT2D eigenvalue weighted by atomic mass is 16.6. The number of nitrogens with zero attached hydrogens (tertiary/aromatic N) is 2. The summed E-state index contributed by atoms with van der Waals surface area (Å²) in [5, 5.41) is 33.4. The molecule has 0 atom stereocenters. The van der Waals surface area contributed by atoms with E-state index in [2.05, 4.69) is 5.32 Å². The van der Waals surface area contributed by atoms with E-state index in [1.807, 2.05) is 6.92 Å². The smallest absolute Gasteiger partial charge is 0.338 e. The van der Waals surface area contributed by atoms with Crippen LogP contribution in [0, 0.1) is 20.2 Å². The number of aromatic carboxylic acids is 1. The third-order valence-electron chi connectivity index (χ3n) is 2.57.